The maximum absolute atomic E-state index is 7.42. The van der Waals surface area contributed by atoms with Gasteiger partial charge in [0.15, 0.2) is 0 Å². The van der Waals surface area contributed by atoms with E-state index in [9.17, 15) is 0 Å². The summed E-state index contributed by atoms with van der Waals surface area (Å²) in [5, 5.41) is 4.27. The molecule has 7 aromatic rings. The molecule has 4 heterocycles. The van der Waals surface area contributed by atoms with E-state index in [1.54, 1.807) is 0 Å². The summed E-state index contributed by atoms with van der Waals surface area (Å²) in [5.74, 6) is 3.83. The Morgan fingerprint density at radius 3 is 1.45 bits per heavy atom. The number of furan rings is 2. The molecule has 2 aliphatic carbocycles. The minimum absolute atomic E-state index is 0.0548. The van der Waals surface area contributed by atoms with Crippen LogP contribution in [-0.2, 0) is 16.2 Å². The lowest BCUT2D eigenvalue weighted by atomic mass is 9.33. The molecule has 0 N–H and O–H groups in total. The first kappa shape index (κ1) is 26.4. The molecule has 0 bridgehead atoms. The molecule has 0 spiro atoms. The lowest BCUT2D eigenvalue weighted by Crippen LogP contribution is -2.59. The predicted molar refractivity (Wildman–Crippen MR) is 191 cm³/mol. The van der Waals surface area contributed by atoms with Crippen LogP contribution >= 0.6 is 0 Å². The summed E-state index contributed by atoms with van der Waals surface area (Å²) >= 11 is 0. The van der Waals surface area contributed by atoms with E-state index in [-0.39, 0.29) is 23.0 Å². The molecular weight excluding hydrogens is 579 g/mol. The second-order valence-corrected chi connectivity index (χ2v) is 16.1. The Bertz CT molecular complexity index is 2390. The van der Waals surface area contributed by atoms with E-state index >= 15 is 0 Å². The average molecular weight is 615 g/mol. The third-order valence-corrected chi connectivity index (χ3v) is 12.4. The Hall–Kier alpha value is -4.64. The molecule has 0 fully saturated rings. The number of benzene rings is 5. The fourth-order valence-corrected chi connectivity index (χ4v) is 9.86. The second kappa shape index (κ2) is 8.25. The average Bonchev–Trinajstić information content (AvgIpc) is 3.64. The fraction of sp³-hybridized carbons (Fsp3) is 0.286. The monoisotopic (exact) mass is 614 g/mol. The van der Waals surface area contributed by atoms with Gasteiger partial charge in [0.05, 0.1) is 10.8 Å². The number of rotatable bonds is 0. The van der Waals surface area contributed by atoms with Gasteiger partial charge in [-0.05, 0) is 82.7 Å². The van der Waals surface area contributed by atoms with Crippen LogP contribution in [0.2, 0.25) is 0 Å². The van der Waals surface area contributed by atoms with E-state index in [4.69, 9.17) is 18.3 Å². The smallest absolute Gasteiger partial charge is 0.260 e. The Balaban J connectivity index is 1.35. The van der Waals surface area contributed by atoms with Crippen molar-refractivity contribution in [2.45, 2.75) is 76.5 Å². The zero-order valence-electron chi connectivity index (χ0n) is 27.5. The normalized spacial score (nSPS) is 19.2. The highest BCUT2D eigenvalue weighted by Gasteiger charge is 2.55. The summed E-state index contributed by atoms with van der Waals surface area (Å²) in [7, 11) is 0. The van der Waals surface area contributed by atoms with Crippen molar-refractivity contribution in [3.05, 3.63) is 89.5 Å². The van der Waals surface area contributed by atoms with Crippen LogP contribution in [0.15, 0.2) is 81.6 Å². The van der Waals surface area contributed by atoms with Gasteiger partial charge in [-0.3, -0.25) is 0 Å². The van der Waals surface area contributed by atoms with Crippen molar-refractivity contribution in [3.63, 3.8) is 0 Å². The highest BCUT2D eigenvalue weighted by Crippen LogP contribution is 2.62. The molecule has 5 heteroatoms. The van der Waals surface area contributed by atoms with Gasteiger partial charge >= 0.3 is 0 Å². The number of para-hydroxylation sites is 2. The third-order valence-electron chi connectivity index (χ3n) is 12.4. The molecule has 0 radical (unpaired) electrons. The number of fused-ring (bicyclic) bond motifs is 14. The molecular formula is C42H35BO4. The van der Waals surface area contributed by atoms with Crippen LogP contribution in [-0.4, -0.2) is 6.71 Å². The number of ether oxygens (including phenoxy) is 2. The molecule has 4 nitrogen and oxygen atoms in total. The van der Waals surface area contributed by atoms with Crippen LogP contribution in [0.3, 0.4) is 0 Å². The van der Waals surface area contributed by atoms with Gasteiger partial charge in [-0.2, -0.15) is 0 Å². The van der Waals surface area contributed by atoms with E-state index < -0.39 is 0 Å². The molecule has 0 saturated heterocycles. The zero-order chi connectivity index (χ0) is 31.6. The van der Waals surface area contributed by atoms with Gasteiger partial charge in [0, 0.05) is 27.4 Å². The highest BCUT2D eigenvalue weighted by molar-refractivity contribution is 6.98. The quantitative estimate of drug-likeness (QED) is 0.160. The molecule has 0 amide bonds. The van der Waals surface area contributed by atoms with Crippen LogP contribution in [0.25, 0.3) is 43.9 Å². The van der Waals surface area contributed by atoms with Crippen LogP contribution in [0.5, 0.6) is 23.0 Å². The first-order valence-corrected chi connectivity index (χ1v) is 17.1. The molecule has 2 aromatic heterocycles. The van der Waals surface area contributed by atoms with Crippen LogP contribution in [0, 0.1) is 0 Å². The van der Waals surface area contributed by atoms with E-state index in [0.29, 0.717) is 0 Å². The minimum atomic E-state index is -0.0631. The largest absolute Gasteiger partial charge is 0.457 e. The molecule has 5 aromatic carbocycles. The van der Waals surface area contributed by atoms with Crippen molar-refractivity contribution in [1.29, 1.82) is 0 Å². The van der Waals surface area contributed by atoms with Crippen molar-refractivity contribution in [3.8, 4) is 23.0 Å². The highest BCUT2D eigenvalue weighted by atomic mass is 16.5. The van der Waals surface area contributed by atoms with Crippen molar-refractivity contribution < 1.29 is 18.3 Å². The fourth-order valence-electron chi connectivity index (χ4n) is 9.86. The molecule has 11 rings (SSSR count). The Morgan fingerprint density at radius 2 is 0.957 bits per heavy atom. The van der Waals surface area contributed by atoms with E-state index in [1.807, 2.05) is 12.1 Å². The Labute approximate surface area is 273 Å². The van der Waals surface area contributed by atoms with Gasteiger partial charge in [-0.15, -0.1) is 0 Å². The molecule has 0 unspecified atom stereocenters. The van der Waals surface area contributed by atoms with Crippen molar-refractivity contribution in [1.82, 2.24) is 0 Å². The summed E-state index contributed by atoms with van der Waals surface area (Å²) in [5.41, 5.74) is 11.2. The predicted octanol–water partition coefficient (Wildman–Crippen LogP) is 9.61. The lowest BCUT2D eigenvalue weighted by Gasteiger charge is -2.53. The molecule has 0 atom stereocenters. The van der Waals surface area contributed by atoms with Crippen LogP contribution in [0.1, 0.15) is 77.0 Å². The molecule has 47 heavy (non-hydrogen) atoms. The minimum Gasteiger partial charge on any atom is -0.457 e. The molecule has 0 saturated carbocycles. The molecule has 230 valence electrons. The maximum Gasteiger partial charge on any atom is 0.260 e. The first-order chi connectivity index (χ1) is 22.6. The summed E-state index contributed by atoms with van der Waals surface area (Å²) in [4.78, 5) is 0. The second-order valence-electron chi connectivity index (χ2n) is 16.1. The van der Waals surface area contributed by atoms with Crippen LogP contribution < -0.4 is 25.9 Å². The van der Waals surface area contributed by atoms with E-state index in [1.165, 1.54) is 22.2 Å². The van der Waals surface area contributed by atoms with Crippen molar-refractivity contribution in [2.24, 2.45) is 0 Å². The zero-order valence-corrected chi connectivity index (χ0v) is 27.5. The number of hydrogen-bond acceptors (Lipinski definition) is 4. The van der Waals surface area contributed by atoms with Gasteiger partial charge in [-0.25, -0.2) is 0 Å². The van der Waals surface area contributed by atoms with Crippen LogP contribution in [0.4, 0.5) is 0 Å². The van der Waals surface area contributed by atoms with Gasteiger partial charge in [0.1, 0.15) is 45.3 Å². The van der Waals surface area contributed by atoms with Crippen molar-refractivity contribution >= 4 is 67.0 Å². The third kappa shape index (κ3) is 3.12. The SMILES string of the molecule is CC1(C)CCC2(C)CCC(C)(C)c3c4c5c(c1c32)Oc1c(ccc2oc3ccccc3c12)B5c1ccc2oc3ccccc3c2c1O4. The number of hydrogen-bond donors (Lipinski definition) is 0. The summed E-state index contributed by atoms with van der Waals surface area (Å²) in [6.07, 6.45) is 4.58. The van der Waals surface area contributed by atoms with Gasteiger partial charge < -0.3 is 18.3 Å². The summed E-state index contributed by atoms with van der Waals surface area (Å²) in [6.45, 7) is 12.1. The Morgan fingerprint density at radius 1 is 0.489 bits per heavy atom. The van der Waals surface area contributed by atoms with Gasteiger partial charge in [0.25, 0.3) is 6.71 Å². The van der Waals surface area contributed by atoms with E-state index in [2.05, 4.69) is 95.3 Å². The van der Waals surface area contributed by atoms with Crippen molar-refractivity contribution in [2.75, 3.05) is 0 Å². The summed E-state index contributed by atoms with van der Waals surface area (Å²) in [6, 6.07) is 25.4. The first-order valence-electron chi connectivity index (χ1n) is 17.1. The molecule has 2 aliphatic heterocycles. The summed E-state index contributed by atoms with van der Waals surface area (Å²) < 4.78 is 27.7. The lowest BCUT2D eigenvalue weighted by molar-refractivity contribution is 0.234. The Kier molecular flexibility index (Phi) is 4.64. The van der Waals surface area contributed by atoms with Gasteiger partial charge in [0.2, 0.25) is 0 Å². The topological polar surface area (TPSA) is 44.7 Å². The maximum atomic E-state index is 7.42. The van der Waals surface area contributed by atoms with E-state index in [0.717, 1.165) is 103 Å². The van der Waals surface area contributed by atoms with Gasteiger partial charge in [-0.1, -0.05) is 83.1 Å². The standard InChI is InChI=1S/C42H35BO4/c1-40(2)18-20-42(5)21-19-41(3,4)34-32(42)33(40)38-35-39(34)47-37-25(15-17-29-31(37)23-11-7-9-13-27(23)45-29)43(35)24-14-16-28-30(36(24)46-38)22-10-6-8-12-26(22)44-28/h6-17H,18-21H2,1-5H3. The molecule has 4 aliphatic rings.